The normalized spacial score (nSPS) is 10.8. The number of nitrogen functional groups attached to an aromatic ring is 1. The highest BCUT2D eigenvalue weighted by Gasteiger charge is 2.10. The van der Waals surface area contributed by atoms with Crippen LogP contribution in [0.4, 0.5) is 5.69 Å². The second kappa shape index (κ2) is 4.63. The molecule has 0 unspecified atom stereocenters. The maximum absolute atomic E-state index is 9.07. The minimum absolute atomic E-state index is 0.128. The van der Waals surface area contributed by atoms with Crippen LogP contribution in [0.3, 0.4) is 0 Å². The summed E-state index contributed by atoms with van der Waals surface area (Å²) in [7, 11) is 1.99. The third-order valence-corrected chi connectivity index (χ3v) is 3.10. The van der Waals surface area contributed by atoms with Gasteiger partial charge >= 0.3 is 0 Å². The smallest absolute Gasteiger partial charge is 0.0472 e. The molecular formula is C14H18N2O. The Balaban J connectivity index is 2.52. The lowest BCUT2D eigenvalue weighted by molar-refractivity contribution is 0.299. The van der Waals surface area contributed by atoms with E-state index >= 15 is 0 Å². The maximum atomic E-state index is 9.07. The molecular weight excluding hydrogens is 212 g/mol. The Morgan fingerprint density at radius 2 is 2.06 bits per heavy atom. The summed E-state index contributed by atoms with van der Waals surface area (Å²) in [5.41, 5.74) is 11.3. The average Bonchev–Trinajstić information content (AvgIpc) is 2.71. The van der Waals surface area contributed by atoms with Gasteiger partial charge in [0.1, 0.15) is 0 Å². The molecule has 1 aromatic heterocycles. The fraction of sp³-hybridized carbons (Fsp3) is 0.286. The van der Waals surface area contributed by atoms with Crippen molar-refractivity contribution in [2.75, 3.05) is 12.3 Å². The summed E-state index contributed by atoms with van der Waals surface area (Å²) in [4.78, 5) is 0. The van der Waals surface area contributed by atoms with E-state index in [9.17, 15) is 0 Å². The molecule has 0 amide bonds. The summed E-state index contributed by atoms with van der Waals surface area (Å²) in [5, 5.41) is 9.07. The Hall–Kier alpha value is -1.74. The van der Waals surface area contributed by atoms with Crippen molar-refractivity contribution in [1.29, 1.82) is 0 Å². The first-order valence-electron chi connectivity index (χ1n) is 5.74. The molecule has 3 heteroatoms. The lowest BCUT2D eigenvalue weighted by atomic mass is 9.97. The van der Waals surface area contributed by atoms with Crippen molar-refractivity contribution in [1.82, 2.24) is 4.57 Å². The first-order valence-corrected chi connectivity index (χ1v) is 5.74. The van der Waals surface area contributed by atoms with Crippen LogP contribution in [0.2, 0.25) is 0 Å². The van der Waals surface area contributed by atoms with Crippen LogP contribution in [0.15, 0.2) is 30.6 Å². The zero-order valence-corrected chi connectivity index (χ0v) is 10.3. The number of rotatable bonds is 3. The van der Waals surface area contributed by atoms with Gasteiger partial charge in [-0.3, -0.25) is 0 Å². The lowest BCUT2D eigenvalue weighted by Gasteiger charge is -2.12. The summed E-state index contributed by atoms with van der Waals surface area (Å²) in [6, 6.07) is 6.15. The zero-order chi connectivity index (χ0) is 12.4. The third kappa shape index (κ3) is 2.19. The van der Waals surface area contributed by atoms with Gasteiger partial charge in [0.2, 0.25) is 0 Å². The summed E-state index contributed by atoms with van der Waals surface area (Å²) >= 11 is 0. The molecule has 3 nitrogen and oxygen atoms in total. The van der Waals surface area contributed by atoms with E-state index in [0.29, 0.717) is 6.42 Å². The van der Waals surface area contributed by atoms with Crippen molar-refractivity contribution in [2.45, 2.75) is 13.3 Å². The Kier molecular flexibility index (Phi) is 3.20. The van der Waals surface area contributed by atoms with Crippen molar-refractivity contribution >= 4 is 5.69 Å². The predicted octanol–water partition coefficient (Wildman–Crippen LogP) is 2.12. The van der Waals surface area contributed by atoms with E-state index in [2.05, 4.69) is 6.07 Å². The fourth-order valence-corrected chi connectivity index (χ4v) is 2.13. The van der Waals surface area contributed by atoms with Crippen molar-refractivity contribution < 1.29 is 5.11 Å². The Labute approximate surface area is 102 Å². The highest BCUT2D eigenvalue weighted by molar-refractivity contribution is 5.79. The summed E-state index contributed by atoms with van der Waals surface area (Å²) < 4.78 is 2.00. The van der Waals surface area contributed by atoms with Gasteiger partial charge in [0.15, 0.2) is 0 Å². The molecule has 1 heterocycles. The van der Waals surface area contributed by atoms with Crippen LogP contribution in [0.5, 0.6) is 0 Å². The molecule has 1 aromatic carbocycles. The van der Waals surface area contributed by atoms with Crippen LogP contribution in [-0.4, -0.2) is 16.3 Å². The number of nitrogens with two attached hydrogens (primary N) is 1. The van der Waals surface area contributed by atoms with Crippen molar-refractivity contribution in [3.63, 3.8) is 0 Å². The van der Waals surface area contributed by atoms with Crippen LogP contribution in [0.25, 0.3) is 11.1 Å². The highest BCUT2D eigenvalue weighted by Crippen LogP contribution is 2.31. The molecule has 2 rings (SSSR count). The van der Waals surface area contributed by atoms with Crippen LogP contribution < -0.4 is 5.73 Å². The van der Waals surface area contributed by atoms with E-state index in [0.717, 1.165) is 27.9 Å². The predicted molar refractivity (Wildman–Crippen MR) is 70.8 cm³/mol. The minimum atomic E-state index is 0.128. The van der Waals surface area contributed by atoms with Crippen molar-refractivity contribution in [3.05, 3.63) is 41.7 Å². The SMILES string of the molecule is Cc1ccc(-c2ccn(C)c2)c(N)c1CCO. The van der Waals surface area contributed by atoms with Crippen LogP contribution in [-0.2, 0) is 13.5 Å². The van der Waals surface area contributed by atoms with E-state index in [1.165, 1.54) is 0 Å². The van der Waals surface area contributed by atoms with Gasteiger partial charge in [-0.15, -0.1) is 0 Å². The standard InChI is InChI=1S/C14H18N2O/c1-10-3-4-13(11-5-7-16(2)9-11)14(15)12(10)6-8-17/h3-5,7,9,17H,6,8,15H2,1-2H3. The number of benzene rings is 1. The van der Waals surface area contributed by atoms with Gasteiger partial charge in [-0.2, -0.15) is 0 Å². The number of hydrogen-bond donors (Lipinski definition) is 2. The van der Waals surface area contributed by atoms with Crippen LogP contribution in [0.1, 0.15) is 11.1 Å². The molecule has 0 aliphatic heterocycles. The van der Waals surface area contributed by atoms with Gasteiger partial charge in [0, 0.05) is 42.9 Å². The van der Waals surface area contributed by atoms with Gasteiger partial charge in [-0.1, -0.05) is 12.1 Å². The number of aryl methyl sites for hydroxylation is 2. The van der Waals surface area contributed by atoms with Gasteiger partial charge in [-0.05, 0) is 30.5 Å². The fourth-order valence-electron chi connectivity index (χ4n) is 2.13. The lowest BCUT2D eigenvalue weighted by Crippen LogP contribution is -2.02. The van der Waals surface area contributed by atoms with E-state index < -0.39 is 0 Å². The Morgan fingerprint density at radius 3 is 2.65 bits per heavy atom. The quantitative estimate of drug-likeness (QED) is 0.793. The largest absolute Gasteiger partial charge is 0.398 e. The summed E-state index contributed by atoms with van der Waals surface area (Å²) in [5.74, 6) is 0. The number of nitrogens with zero attached hydrogens (tertiary/aromatic N) is 1. The number of aromatic nitrogens is 1. The molecule has 3 N–H and O–H groups in total. The number of hydrogen-bond acceptors (Lipinski definition) is 2. The Morgan fingerprint density at radius 1 is 1.29 bits per heavy atom. The van der Waals surface area contributed by atoms with Crippen LogP contribution >= 0.6 is 0 Å². The second-order valence-electron chi connectivity index (χ2n) is 4.36. The third-order valence-electron chi connectivity index (χ3n) is 3.10. The average molecular weight is 230 g/mol. The Bertz CT molecular complexity index is 529. The maximum Gasteiger partial charge on any atom is 0.0472 e. The number of aliphatic hydroxyl groups is 1. The molecule has 0 bridgehead atoms. The van der Waals surface area contributed by atoms with Gasteiger partial charge in [0.25, 0.3) is 0 Å². The zero-order valence-electron chi connectivity index (χ0n) is 10.3. The molecule has 0 saturated heterocycles. The van der Waals surface area contributed by atoms with Crippen LogP contribution in [0, 0.1) is 6.92 Å². The van der Waals surface area contributed by atoms with E-state index in [1.54, 1.807) is 0 Å². The van der Waals surface area contributed by atoms with Crippen molar-refractivity contribution in [2.24, 2.45) is 7.05 Å². The first kappa shape index (κ1) is 11.7. The van der Waals surface area contributed by atoms with E-state index in [1.807, 2.05) is 43.1 Å². The second-order valence-corrected chi connectivity index (χ2v) is 4.36. The first-order chi connectivity index (χ1) is 8.13. The molecule has 0 aliphatic carbocycles. The molecule has 2 aromatic rings. The number of anilines is 1. The molecule has 0 saturated carbocycles. The van der Waals surface area contributed by atoms with Gasteiger partial charge < -0.3 is 15.4 Å². The summed E-state index contributed by atoms with van der Waals surface area (Å²) in [6.07, 6.45) is 4.66. The van der Waals surface area contributed by atoms with Gasteiger partial charge in [-0.25, -0.2) is 0 Å². The molecule has 0 fully saturated rings. The molecule has 90 valence electrons. The highest BCUT2D eigenvalue weighted by atomic mass is 16.2. The monoisotopic (exact) mass is 230 g/mol. The molecule has 0 spiro atoms. The molecule has 0 radical (unpaired) electrons. The minimum Gasteiger partial charge on any atom is -0.398 e. The topological polar surface area (TPSA) is 51.2 Å². The molecule has 0 atom stereocenters. The molecule has 17 heavy (non-hydrogen) atoms. The number of aliphatic hydroxyl groups excluding tert-OH is 1. The molecule has 0 aliphatic rings. The van der Waals surface area contributed by atoms with Gasteiger partial charge in [0.05, 0.1) is 0 Å². The summed E-state index contributed by atoms with van der Waals surface area (Å²) in [6.45, 7) is 2.15. The van der Waals surface area contributed by atoms with E-state index in [4.69, 9.17) is 10.8 Å². The van der Waals surface area contributed by atoms with Crippen molar-refractivity contribution in [3.8, 4) is 11.1 Å². The van der Waals surface area contributed by atoms with E-state index in [-0.39, 0.29) is 6.61 Å².